The minimum atomic E-state index is -0.514. The molecule has 76 valence electrons. The van der Waals surface area contributed by atoms with Crippen LogP contribution >= 0.6 is 0 Å². The monoisotopic (exact) mass is 182 g/mol. The average molecular weight is 182 g/mol. The van der Waals surface area contributed by atoms with Crippen LogP contribution < -0.4 is 0 Å². The molecule has 1 saturated carbocycles. The van der Waals surface area contributed by atoms with Gasteiger partial charge in [-0.15, -0.1) is 6.58 Å². The summed E-state index contributed by atoms with van der Waals surface area (Å²) in [6.45, 7) is 10.2. The van der Waals surface area contributed by atoms with E-state index in [1.54, 1.807) is 0 Å². The second-order valence-corrected chi connectivity index (χ2v) is 4.64. The standard InChI is InChI=1S/C12H22O/c1-5-9(2)12(13)10(3)7-6-8-11(12)4/h5,9-11,13H,1,6-8H2,2-4H3. The minimum Gasteiger partial charge on any atom is -0.389 e. The Morgan fingerprint density at radius 2 is 1.85 bits per heavy atom. The quantitative estimate of drug-likeness (QED) is 0.651. The highest BCUT2D eigenvalue weighted by Gasteiger charge is 2.44. The van der Waals surface area contributed by atoms with Crippen LogP contribution in [0.25, 0.3) is 0 Å². The first-order valence-electron chi connectivity index (χ1n) is 5.38. The van der Waals surface area contributed by atoms with Gasteiger partial charge in [0.25, 0.3) is 0 Å². The van der Waals surface area contributed by atoms with Crippen molar-refractivity contribution in [3.8, 4) is 0 Å². The molecule has 0 radical (unpaired) electrons. The Balaban J connectivity index is 2.86. The van der Waals surface area contributed by atoms with E-state index >= 15 is 0 Å². The maximum Gasteiger partial charge on any atom is 0.0757 e. The van der Waals surface area contributed by atoms with E-state index < -0.39 is 5.60 Å². The van der Waals surface area contributed by atoms with Crippen molar-refractivity contribution < 1.29 is 5.11 Å². The fraction of sp³-hybridized carbons (Fsp3) is 0.833. The Morgan fingerprint density at radius 3 is 2.23 bits per heavy atom. The number of rotatable bonds is 2. The molecule has 3 atom stereocenters. The van der Waals surface area contributed by atoms with E-state index in [9.17, 15) is 5.11 Å². The third kappa shape index (κ3) is 1.67. The van der Waals surface area contributed by atoms with Crippen molar-refractivity contribution in [1.29, 1.82) is 0 Å². The van der Waals surface area contributed by atoms with Gasteiger partial charge in [0.2, 0.25) is 0 Å². The highest BCUT2D eigenvalue weighted by Crippen LogP contribution is 2.43. The van der Waals surface area contributed by atoms with Gasteiger partial charge in [0.05, 0.1) is 5.60 Å². The van der Waals surface area contributed by atoms with E-state index in [0.29, 0.717) is 11.8 Å². The first kappa shape index (κ1) is 10.8. The van der Waals surface area contributed by atoms with Gasteiger partial charge in [-0.2, -0.15) is 0 Å². The lowest BCUT2D eigenvalue weighted by molar-refractivity contribution is -0.108. The molecule has 1 fully saturated rings. The Morgan fingerprint density at radius 1 is 1.38 bits per heavy atom. The van der Waals surface area contributed by atoms with E-state index in [1.165, 1.54) is 6.42 Å². The van der Waals surface area contributed by atoms with Gasteiger partial charge >= 0.3 is 0 Å². The Hall–Kier alpha value is -0.300. The van der Waals surface area contributed by atoms with Crippen LogP contribution in [0.1, 0.15) is 40.0 Å². The molecule has 0 saturated heterocycles. The maximum absolute atomic E-state index is 10.6. The molecule has 3 unspecified atom stereocenters. The second kappa shape index (κ2) is 3.83. The zero-order valence-corrected chi connectivity index (χ0v) is 9.09. The van der Waals surface area contributed by atoms with Crippen LogP contribution in [0.4, 0.5) is 0 Å². The molecule has 1 heteroatoms. The Bertz CT molecular complexity index is 176. The summed E-state index contributed by atoms with van der Waals surface area (Å²) in [5.74, 6) is 1.02. The highest BCUT2D eigenvalue weighted by atomic mass is 16.3. The van der Waals surface area contributed by atoms with Crippen LogP contribution in [-0.2, 0) is 0 Å². The zero-order valence-electron chi connectivity index (χ0n) is 9.09. The molecule has 1 aliphatic rings. The minimum absolute atomic E-state index is 0.206. The molecule has 13 heavy (non-hydrogen) atoms. The maximum atomic E-state index is 10.6. The summed E-state index contributed by atoms with van der Waals surface area (Å²) in [5.41, 5.74) is -0.514. The molecule has 0 aromatic carbocycles. The molecule has 0 aliphatic heterocycles. The van der Waals surface area contributed by atoms with Crippen LogP contribution in [-0.4, -0.2) is 10.7 Å². The van der Waals surface area contributed by atoms with E-state index in [-0.39, 0.29) is 5.92 Å². The Labute approximate surface area is 81.9 Å². The van der Waals surface area contributed by atoms with E-state index in [4.69, 9.17) is 0 Å². The molecule has 0 aromatic rings. The van der Waals surface area contributed by atoms with Gasteiger partial charge in [0.1, 0.15) is 0 Å². The van der Waals surface area contributed by atoms with Crippen molar-refractivity contribution in [2.75, 3.05) is 0 Å². The lowest BCUT2D eigenvalue weighted by Gasteiger charge is -2.46. The van der Waals surface area contributed by atoms with Gasteiger partial charge in [0.15, 0.2) is 0 Å². The van der Waals surface area contributed by atoms with Gasteiger partial charge in [-0.25, -0.2) is 0 Å². The van der Waals surface area contributed by atoms with Gasteiger partial charge in [-0.3, -0.25) is 0 Å². The number of aliphatic hydroxyl groups is 1. The predicted molar refractivity (Wildman–Crippen MR) is 56.5 cm³/mol. The molecule has 1 nitrogen and oxygen atoms in total. The van der Waals surface area contributed by atoms with E-state index in [2.05, 4.69) is 27.4 Å². The largest absolute Gasteiger partial charge is 0.389 e. The van der Waals surface area contributed by atoms with Crippen LogP contribution in [0.2, 0.25) is 0 Å². The van der Waals surface area contributed by atoms with Gasteiger partial charge in [-0.1, -0.05) is 33.3 Å². The van der Waals surface area contributed by atoms with Crippen molar-refractivity contribution in [2.24, 2.45) is 17.8 Å². The summed E-state index contributed by atoms with van der Waals surface area (Å²) < 4.78 is 0. The third-order valence-corrected chi connectivity index (χ3v) is 3.94. The van der Waals surface area contributed by atoms with Crippen molar-refractivity contribution in [2.45, 2.75) is 45.6 Å². The molecule has 1 aliphatic carbocycles. The lowest BCUT2D eigenvalue weighted by Crippen LogP contribution is -2.50. The van der Waals surface area contributed by atoms with Crippen LogP contribution in [0, 0.1) is 17.8 Å². The number of hydrogen-bond acceptors (Lipinski definition) is 1. The van der Waals surface area contributed by atoms with Crippen molar-refractivity contribution >= 4 is 0 Å². The summed E-state index contributed by atoms with van der Waals surface area (Å²) in [6.07, 6.45) is 5.45. The van der Waals surface area contributed by atoms with Gasteiger partial charge in [0, 0.05) is 5.92 Å². The van der Waals surface area contributed by atoms with Gasteiger partial charge in [-0.05, 0) is 24.7 Å². The van der Waals surface area contributed by atoms with Crippen molar-refractivity contribution in [3.05, 3.63) is 12.7 Å². The predicted octanol–water partition coefficient (Wildman–Crippen LogP) is 3.00. The van der Waals surface area contributed by atoms with Crippen molar-refractivity contribution in [1.82, 2.24) is 0 Å². The summed E-state index contributed by atoms with van der Waals surface area (Å²) in [4.78, 5) is 0. The van der Waals surface area contributed by atoms with Crippen LogP contribution in [0.3, 0.4) is 0 Å². The fourth-order valence-electron chi connectivity index (χ4n) is 2.76. The van der Waals surface area contributed by atoms with Crippen LogP contribution in [0.15, 0.2) is 12.7 Å². The molecule has 1 N–H and O–H groups in total. The summed E-state index contributed by atoms with van der Waals surface area (Å²) in [5, 5.41) is 10.6. The molecule has 1 rings (SSSR count). The van der Waals surface area contributed by atoms with Gasteiger partial charge < -0.3 is 5.11 Å². The molecule has 0 aromatic heterocycles. The normalized spacial score (nSPS) is 42.8. The smallest absolute Gasteiger partial charge is 0.0757 e. The third-order valence-electron chi connectivity index (χ3n) is 3.94. The Kier molecular flexibility index (Phi) is 3.18. The summed E-state index contributed by atoms with van der Waals surface area (Å²) in [7, 11) is 0. The first-order chi connectivity index (χ1) is 6.03. The molecule has 0 bridgehead atoms. The SMILES string of the molecule is C=CC(C)C1(O)C(C)CCCC1C. The second-order valence-electron chi connectivity index (χ2n) is 4.64. The topological polar surface area (TPSA) is 20.2 Å². The lowest BCUT2D eigenvalue weighted by atomic mass is 9.64. The van der Waals surface area contributed by atoms with Crippen LogP contribution in [0.5, 0.6) is 0 Å². The van der Waals surface area contributed by atoms with E-state index in [1.807, 2.05) is 6.08 Å². The molecule has 0 spiro atoms. The fourth-order valence-corrected chi connectivity index (χ4v) is 2.76. The highest BCUT2D eigenvalue weighted by molar-refractivity contribution is 5.01. The summed E-state index contributed by atoms with van der Waals surface area (Å²) in [6, 6.07) is 0. The summed E-state index contributed by atoms with van der Waals surface area (Å²) >= 11 is 0. The average Bonchev–Trinajstić information content (AvgIpc) is 2.12. The molecular formula is C12H22O. The first-order valence-corrected chi connectivity index (χ1v) is 5.38. The molecule has 0 heterocycles. The van der Waals surface area contributed by atoms with E-state index in [0.717, 1.165) is 12.8 Å². The number of hydrogen-bond donors (Lipinski definition) is 1. The zero-order chi connectivity index (χ0) is 10.1. The molecular weight excluding hydrogens is 160 g/mol. The molecule has 0 amide bonds. The van der Waals surface area contributed by atoms with Crippen molar-refractivity contribution in [3.63, 3.8) is 0 Å².